The van der Waals surface area contributed by atoms with Crippen molar-refractivity contribution in [2.24, 2.45) is 11.7 Å². The summed E-state index contributed by atoms with van der Waals surface area (Å²) >= 11 is 0. The molecule has 6 nitrogen and oxygen atoms in total. The van der Waals surface area contributed by atoms with E-state index in [-0.39, 0.29) is 18.3 Å². The second-order valence-corrected chi connectivity index (χ2v) is 6.89. The maximum atomic E-state index is 13.7. The van der Waals surface area contributed by atoms with E-state index in [0.717, 1.165) is 12.1 Å². The van der Waals surface area contributed by atoms with Crippen LogP contribution in [0.3, 0.4) is 0 Å². The van der Waals surface area contributed by atoms with Crippen LogP contribution in [0.5, 0.6) is 0 Å². The highest BCUT2D eigenvalue weighted by atomic mass is 35.5. The fourth-order valence-corrected chi connectivity index (χ4v) is 3.23. The molecule has 23 heavy (non-hydrogen) atoms. The Morgan fingerprint density at radius 1 is 1.30 bits per heavy atom. The molecule has 0 heterocycles. The van der Waals surface area contributed by atoms with Crippen molar-refractivity contribution in [3.8, 4) is 0 Å². The summed E-state index contributed by atoms with van der Waals surface area (Å²) in [4.78, 5) is 11.6. The van der Waals surface area contributed by atoms with E-state index >= 15 is 0 Å². The van der Waals surface area contributed by atoms with Gasteiger partial charge in [0.15, 0.2) is 0 Å². The van der Waals surface area contributed by atoms with E-state index in [1.807, 2.05) is 0 Å². The molecular formula is C14H23ClFN3O3S. The Labute approximate surface area is 142 Å². The summed E-state index contributed by atoms with van der Waals surface area (Å²) < 4.78 is 40.4. The van der Waals surface area contributed by atoms with Crippen molar-refractivity contribution >= 4 is 28.3 Å². The van der Waals surface area contributed by atoms with E-state index in [0.29, 0.717) is 19.5 Å². The monoisotopic (exact) mass is 367 g/mol. The largest absolute Gasteiger partial charge is 0.355 e. The normalized spacial score (nSPS) is 12.6. The van der Waals surface area contributed by atoms with Gasteiger partial charge in [-0.2, -0.15) is 4.72 Å². The molecule has 0 saturated heterocycles. The average molecular weight is 368 g/mol. The summed E-state index contributed by atoms with van der Waals surface area (Å²) in [7, 11) is -4.12. The van der Waals surface area contributed by atoms with Gasteiger partial charge >= 0.3 is 0 Å². The maximum Gasteiger partial charge on any atom is 0.244 e. The minimum absolute atomic E-state index is 0. The number of halogens is 2. The van der Waals surface area contributed by atoms with Crippen molar-refractivity contribution in [1.29, 1.82) is 0 Å². The van der Waals surface area contributed by atoms with Crippen LogP contribution in [-0.4, -0.2) is 33.5 Å². The molecule has 1 unspecified atom stereocenters. The molecule has 0 aliphatic rings. The molecular weight excluding hydrogens is 345 g/mol. The zero-order valence-corrected chi connectivity index (χ0v) is 14.7. The molecule has 0 spiro atoms. The summed E-state index contributed by atoms with van der Waals surface area (Å²) in [5.41, 5.74) is 5.34. The first-order chi connectivity index (χ1) is 10.3. The molecule has 0 aliphatic carbocycles. The lowest BCUT2D eigenvalue weighted by atomic mass is 10.1. The SMILES string of the molecule is CC(C)C(NS(=O)(=O)c1ccccc1F)C(=O)NCCCN.Cl. The number of sulfonamides is 1. The van der Waals surface area contributed by atoms with Crippen LogP contribution in [0.15, 0.2) is 29.2 Å². The number of nitrogens with two attached hydrogens (primary N) is 1. The molecule has 0 fully saturated rings. The third kappa shape index (κ3) is 6.42. The first-order valence-electron chi connectivity index (χ1n) is 7.04. The van der Waals surface area contributed by atoms with Gasteiger partial charge in [-0.1, -0.05) is 26.0 Å². The van der Waals surface area contributed by atoms with Gasteiger partial charge in [0, 0.05) is 6.54 Å². The van der Waals surface area contributed by atoms with Crippen molar-refractivity contribution in [2.75, 3.05) is 13.1 Å². The first-order valence-corrected chi connectivity index (χ1v) is 8.52. The predicted octanol–water partition coefficient (Wildman–Crippen LogP) is 1.02. The van der Waals surface area contributed by atoms with Crippen LogP contribution in [0, 0.1) is 11.7 Å². The number of rotatable bonds is 8. The molecule has 1 amide bonds. The van der Waals surface area contributed by atoms with Crippen molar-refractivity contribution in [3.05, 3.63) is 30.1 Å². The molecule has 0 aliphatic heterocycles. The lowest BCUT2D eigenvalue weighted by Crippen LogP contribution is -2.50. The second-order valence-electron chi connectivity index (χ2n) is 5.21. The first kappa shape index (κ1) is 21.8. The van der Waals surface area contributed by atoms with Gasteiger partial charge in [0.2, 0.25) is 15.9 Å². The molecule has 9 heteroatoms. The molecule has 1 rings (SSSR count). The number of hydrogen-bond acceptors (Lipinski definition) is 4. The van der Waals surface area contributed by atoms with Crippen molar-refractivity contribution < 1.29 is 17.6 Å². The van der Waals surface area contributed by atoms with Gasteiger partial charge in [-0.05, 0) is 31.0 Å². The van der Waals surface area contributed by atoms with E-state index in [1.54, 1.807) is 13.8 Å². The van der Waals surface area contributed by atoms with Gasteiger partial charge < -0.3 is 11.1 Å². The van der Waals surface area contributed by atoms with Crippen LogP contribution < -0.4 is 15.8 Å². The third-order valence-corrected chi connectivity index (χ3v) is 4.51. The molecule has 4 N–H and O–H groups in total. The van der Waals surface area contributed by atoms with Crippen LogP contribution >= 0.6 is 12.4 Å². The number of amides is 1. The van der Waals surface area contributed by atoms with Crippen molar-refractivity contribution in [2.45, 2.75) is 31.2 Å². The second kappa shape index (κ2) is 9.82. The van der Waals surface area contributed by atoms with E-state index in [2.05, 4.69) is 10.0 Å². The minimum Gasteiger partial charge on any atom is -0.355 e. The summed E-state index contributed by atoms with van der Waals surface area (Å²) in [6.45, 7) is 4.20. The summed E-state index contributed by atoms with van der Waals surface area (Å²) in [5, 5.41) is 2.61. The smallest absolute Gasteiger partial charge is 0.244 e. The maximum absolute atomic E-state index is 13.7. The highest BCUT2D eigenvalue weighted by Gasteiger charge is 2.29. The quantitative estimate of drug-likeness (QED) is 0.597. The topological polar surface area (TPSA) is 101 Å². The van der Waals surface area contributed by atoms with E-state index in [4.69, 9.17) is 5.73 Å². The van der Waals surface area contributed by atoms with Gasteiger partial charge in [0.25, 0.3) is 0 Å². The number of nitrogens with one attached hydrogen (secondary N) is 2. The molecule has 1 aromatic rings. The molecule has 1 aromatic carbocycles. The fourth-order valence-electron chi connectivity index (χ4n) is 1.81. The van der Waals surface area contributed by atoms with Crippen molar-refractivity contribution in [3.63, 3.8) is 0 Å². The number of carbonyl (C=O) groups excluding carboxylic acids is 1. The number of carbonyl (C=O) groups is 1. The summed E-state index contributed by atoms with van der Waals surface area (Å²) in [6.07, 6.45) is 0.594. The third-order valence-electron chi connectivity index (χ3n) is 3.04. The lowest BCUT2D eigenvalue weighted by Gasteiger charge is -2.21. The minimum atomic E-state index is -4.12. The zero-order valence-electron chi connectivity index (χ0n) is 13.1. The Morgan fingerprint density at radius 3 is 2.43 bits per heavy atom. The Balaban J connectivity index is 0.00000484. The van der Waals surface area contributed by atoms with Gasteiger partial charge in [-0.15, -0.1) is 12.4 Å². The van der Waals surface area contributed by atoms with E-state index < -0.39 is 32.7 Å². The molecule has 132 valence electrons. The number of benzene rings is 1. The van der Waals surface area contributed by atoms with E-state index in [9.17, 15) is 17.6 Å². The zero-order chi connectivity index (χ0) is 16.8. The standard InChI is InChI=1S/C14H22FN3O3S.ClH/c1-10(2)13(14(19)17-9-5-8-16)18-22(20,21)12-7-4-3-6-11(12)15;/h3-4,6-7,10,13,18H,5,8-9,16H2,1-2H3,(H,17,19);1H. The van der Waals surface area contributed by atoms with Gasteiger partial charge in [0.05, 0.1) is 0 Å². The lowest BCUT2D eigenvalue weighted by molar-refractivity contribution is -0.123. The Hall–Kier alpha value is -1.22. The van der Waals surface area contributed by atoms with Gasteiger partial charge in [0.1, 0.15) is 16.8 Å². The highest BCUT2D eigenvalue weighted by Crippen LogP contribution is 2.15. The Kier molecular flexibility index (Phi) is 9.29. The Morgan fingerprint density at radius 2 is 1.91 bits per heavy atom. The molecule has 1 atom stereocenters. The summed E-state index contributed by atoms with van der Waals surface area (Å²) in [5.74, 6) is -1.61. The Bertz CT molecular complexity index is 611. The number of hydrogen-bond donors (Lipinski definition) is 3. The van der Waals surface area contributed by atoms with Crippen LogP contribution in [0.25, 0.3) is 0 Å². The highest BCUT2D eigenvalue weighted by molar-refractivity contribution is 7.89. The van der Waals surface area contributed by atoms with Gasteiger partial charge in [-0.3, -0.25) is 4.79 Å². The van der Waals surface area contributed by atoms with Crippen molar-refractivity contribution in [1.82, 2.24) is 10.0 Å². The van der Waals surface area contributed by atoms with Gasteiger partial charge in [-0.25, -0.2) is 12.8 Å². The molecule has 0 aromatic heterocycles. The predicted molar refractivity (Wildman–Crippen MR) is 89.3 cm³/mol. The fraction of sp³-hybridized carbons (Fsp3) is 0.500. The van der Waals surface area contributed by atoms with Crippen LogP contribution in [0.1, 0.15) is 20.3 Å². The summed E-state index contributed by atoms with van der Waals surface area (Å²) in [6, 6.07) is 4.04. The van der Waals surface area contributed by atoms with E-state index in [1.165, 1.54) is 12.1 Å². The van der Waals surface area contributed by atoms with Crippen LogP contribution in [0.4, 0.5) is 4.39 Å². The van der Waals surface area contributed by atoms with Crippen LogP contribution in [0.2, 0.25) is 0 Å². The molecule has 0 bridgehead atoms. The molecule has 0 saturated carbocycles. The van der Waals surface area contributed by atoms with Crippen LogP contribution in [-0.2, 0) is 14.8 Å². The average Bonchev–Trinajstić information content (AvgIpc) is 2.45. The molecule has 0 radical (unpaired) electrons.